The molecule has 0 spiro atoms. The first-order valence-electron chi connectivity index (χ1n) is 5.40. The molecule has 14 heavy (non-hydrogen) atoms. The minimum absolute atomic E-state index is 0.163. The molecule has 0 amide bonds. The van der Waals surface area contributed by atoms with Crippen molar-refractivity contribution >= 4 is 14.0 Å². The number of carbonyl (C=O) groups excluding carboxylic acids is 1. The van der Waals surface area contributed by atoms with E-state index in [4.69, 9.17) is 4.74 Å². The standard InChI is InChI=1S/C11H20O2Si/c1-4-13-11(12)9-10-5-7-14(2,3)8-6-10/h9H,4-8H2,1-3H3. The zero-order valence-electron chi connectivity index (χ0n) is 9.43. The van der Waals surface area contributed by atoms with Gasteiger partial charge in [-0.1, -0.05) is 30.8 Å². The molecular weight excluding hydrogens is 192 g/mol. The SMILES string of the molecule is CCOC(=O)C=C1CC[Si](C)(C)CC1. The molecule has 1 rings (SSSR count). The van der Waals surface area contributed by atoms with Gasteiger partial charge in [-0.05, 0) is 19.8 Å². The summed E-state index contributed by atoms with van der Waals surface area (Å²) in [5, 5.41) is 0. The van der Waals surface area contributed by atoms with Gasteiger partial charge in [0.25, 0.3) is 0 Å². The van der Waals surface area contributed by atoms with Gasteiger partial charge in [0.05, 0.1) is 6.61 Å². The van der Waals surface area contributed by atoms with Crippen LogP contribution in [0.15, 0.2) is 11.6 Å². The second-order valence-corrected chi connectivity index (χ2v) is 10.0. The van der Waals surface area contributed by atoms with Gasteiger partial charge in [-0.2, -0.15) is 0 Å². The number of rotatable bonds is 2. The normalized spacial score (nSPS) is 20.4. The Bertz CT molecular complexity index is 232. The number of ether oxygens (including phenoxy) is 1. The van der Waals surface area contributed by atoms with Crippen molar-refractivity contribution in [2.24, 2.45) is 0 Å². The molecule has 1 heterocycles. The van der Waals surface area contributed by atoms with E-state index in [1.807, 2.05) is 6.92 Å². The number of hydrogen-bond donors (Lipinski definition) is 0. The molecule has 1 aliphatic rings. The molecule has 1 fully saturated rings. The fraction of sp³-hybridized carbons (Fsp3) is 0.727. The molecule has 0 saturated carbocycles. The van der Waals surface area contributed by atoms with Gasteiger partial charge in [0.2, 0.25) is 0 Å². The van der Waals surface area contributed by atoms with Gasteiger partial charge >= 0.3 is 5.97 Å². The molecule has 0 N–H and O–H groups in total. The Kier molecular flexibility index (Phi) is 3.93. The third kappa shape index (κ3) is 3.66. The first kappa shape index (κ1) is 11.5. The molecule has 0 atom stereocenters. The summed E-state index contributed by atoms with van der Waals surface area (Å²) in [4.78, 5) is 11.2. The van der Waals surface area contributed by atoms with Crippen LogP contribution in [0.1, 0.15) is 19.8 Å². The molecule has 0 aromatic carbocycles. The Morgan fingerprint density at radius 2 is 2.00 bits per heavy atom. The van der Waals surface area contributed by atoms with Crippen LogP contribution in [-0.2, 0) is 9.53 Å². The van der Waals surface area contributed by atoms with Crippen molar-refractivity contribution in [2.75, 3.05) is 6.61 Å². The van der Waals surface area contributed by atoms with Crippen LogP contribution in [0.25, 0.3) is 0 Å². The van der Waals surface area contributed by atoms with E-state index >= 15 is 0 Å². The van der Waals surface area contributed by atoms with E-state index in [0.717, 1.165) is 12.8 Å². The maximum Gasteiger partial charge on any atom is 0.330 e. The van der Waals surface area contributed by atoms with E-state index < -0.39 is 8.07 Å². The van der Waals surface area contributed by atoms with Crippen LogP contribution in [0.3, 0.4) is 0 Å². The van der Waals surface area contributed by atoms with E-state index in [1.54, 1.807) is 6.08 Å². The van der Waals surface area contributed by atoms with Crippen molar-refractivity contribution in [3.8, 4) is 0 Å². The molecule has 1 aliphatic heterocycles. The summed E-state index contributed by atoms with van der Waals surface area (Å²) in [6.07, 6.45) is 3.92. The van der Waals surface area contributed by atoms with Gasteiger partial charge in [-0.15, -0.1) is 0 Å². The van der Waals surface area contributed by atoms with Crippen molar-refractivity contribution < 1.29 is 9.53 Å². The topological polar surface area (TPSA) is 26.3 Å². The summed E-state index contributed by atoms with van der Waals surface area (Å²) in [5.74, 6) is -0.163. The Morgan fingerprint density at radius 1 is 1.43 bits per heavy atom. The number of allylic oxidation sites excluding steroid dienone is 1. The van der Waals surface area contributed by atoms with E-state index in [9.17, 15) is 4.79 Å². The van der Waals surface area contributed by atoms with Crippen LogP contribution in [0, 0.1) is 0 Å². The number of hydrogen-bond acceptors (Lipinski definition) is 2. The molecule has 2 nitrogen and oxygen atoms in total. The van der Waals surface area contributed by atoms with Crippen LogP contribution >= 0.6 is 0 Å². The lowest BCUT2D eigenvalue weighted by atomic mass is 10.1. The van der Waals surface area contributed by atoms with E-state index in [1.165, 1.54) is 17.7 Å². The minimum Gasteiger partial charge on any atom is -0.463 e. The van der Waals surface area contributed by atoms with Gasteiger partial charge in [0, 0.05) is 14.1 Å². The summed E-state index contributed by atoms with van der Waals surface area (Å²) in [6.45, 7) is 7.17. The molecule has 0 aliphatic carbocycles. The van der Waals surface area contributed by atoms with Crippen molar-refractivity contribution in [3.63, 3.8) is 0 Å². The second kappa shape index (κ2) is 4.78. The maximum atomic E-state index is 11.2. The lowest BCUT2D eigenvalue weighted by molar-refractivity contribution is -0.137. The lowest BCUT2D eigenvalue weighted by Gasteiger charge is -2.28. The largest absolute Gasteiger partial charge is 0.463 e. The fourth-order valence-corrected chi connectivity index (χ4v) is 3.99. The fourth-order valence-electron chi connectivity index (χ4n) is 1.74. The highest BCUT2D eigenvalue weighted by Gasteiger charge is 2.25. The van der Waals surface area contributed by atoms with Gasteiger partial charge in [0.1, 0.15) is 0 Å². The third-order valence-electron chi connectivity index (χ3n) is 2.85. The first-order chi connectivity index (χ1) is 6.53. The average molecular weight is 212 g/mol. The Labute approximate surface area is 87.3 Å². The molecule has 0 radical (unpaired) electrons. The smallest absolute Gasteiger partial charge is 0.330 e. The number of esters is 1. The molecule has 0 aromatic rings. The van der Waals surface area contributed by atoms with Crippen LogP contribution in [0.4, 0.5) is 0 Å². The lowest BCUT2D eigenvalue weighted by Crippen LogP contribution is -2.28. The van der Waals surface area contributed by atoms with Crippen molar-refractivity contribution in [2.45, 2.75) is 44.9 Å². The van der Waals surface area contributed by atoms with Crippen LogP contribution in [0.2, 0.25) is 25.2 Å². The average Bonchev–Trinajstić information content (AvgIpc) is 2.09. The van der Waals surface area contributed by atoms with Crippen molar-refractivity contribution in [1.29, 1.82) is 0 Å². The molecule has 0 bridgehead atoms. The summed E-state index contributed by atoms with van der Waals surface area (Å²) >= 11 is 0. The quantitative estimate of drug-likeness (QED) is 0.399. The third-order valence-corrected chi connectivity index (χ3v) is 6.06. The molecule has 80 valence electrons. The zero-order valence-corrected chi connectivity index (χ0v) is 10.4. The minimum atomic E-state index is -0.895. The van der Waals surface area contributed by atoms with Gasteiger partial charge in [-0.3, -0.25) is 0 Å². The summed E-state index contributed by atoms with van der Waals surface area (Å²) < 4.78 is 4.89. The van der Waals surface area contributed by atoms with Crippen LogP contribution in [-0.4, -0.2) is 20.7 Å². The maximum absolute atomic E-state index is 11.2. The summed E-state index contributed by atoms with van der Waals surface area (Å²) in [6, 6.07) is 2.64. The zero-order chi connectivity index (χ0) is 10.6. The highest BCUT2D eigenvalue weighted by molar-refractivity contribution is 6.77. The summed E-state index contributed by atoms with van der Waals surface area (Å²) in [5.41, 5.74) is 1.29. The van der Waals surface area contributed by atoms with Gasteiger partial charge < -0.3 is 4.74 Å². The van der Waals surface area contributed by atoms with Gasteiger partial charge in [0.15, 0.2) is 0 Å². The monoisotopic (exact) mass is 212 g/mol. The van der Waals surface area contributed by atoms with Crippen molar-refractivity contribution in [3.05, 3.63) is 11.6 Å². The first-order valence-corrected chi connectivity index (χ1v) is 8.81. The van der Waals surface area contributed by atoms with Crippen molar-refractivity contribution in [1.82, 2.24) is 0 Å². The summed E-state index contributed by atoms with van der Waals surface area (Å²) in [7, 11) is -0.895. The van der Waals surface area contributed by atoms with E-state index in [0.29, 0.717) is 6.61 Å². The molecular formula is C11H20O2Si. The Hall–Kier alpha value is -0.573. The molecule has 1 saturated heterocycles. The van der Waals surface area contributed by atoms with Gasteiger partial charge in [-0.25, -0.2) is 4.79 Å². The Balaban J connectivity index is 2.45. The molecule has 0 aromatic heterocycles. The predicted molar refractivity (Wildman–Crippen MR) is 61.0 cm³/mol. The van der Waals surface area contributed by atoms with E-state index in [2.05, 4.69) is 13.1 Å². The second-order valence-electron chi connectivity index (χ2n) is 4.72. The van der Waals surface area contributed by atoms with E-state index in [-0.39, 0.29) is 5.97 Å². The molecule has 3 heteroatoms. The molecule has 0 unspecified atom stereocenters. The van der Waals surface area contributed by atoms with Crippen LogP contribution in [0.5, 0.6) is 0 Å². The highest BCUT2D eigenvalue weighted by atomic mass is 28.3. The highest BCUT2D eigenvalue weighted by Crippen LogP contribution is 2.31. The predicted octanol–water partition coefficient (Wildman–Crippen LogP) is 2.98. The number of carbonyl (C=O) groups is 1. The van der Waals surface area contributed by atoms with Crippen LogP contribution < -0.4 is 0 Å². The Morgan fingerprint density at radius 3 is 2.50 bits per heavy atom.